The molecule has 1 aromatic carbocycles. The van der Waals surface area contributed by atoms with Crippen LogP contribution >= 0.6 is 15.9 Å². The molecule has 0 heterocycles. The van der Waals surface area contributed by atoms with Crippen molar-refractivity contribution in [3.63, 3.8) is 0 Å². The van der Waals surface area contributed by atoms with Crippen molar-refractivity contribution in [2.45, 2.75) is 24.8 Å². The van der Waals surface area contributed by atoms with E-state index in [2.05, 4.69) is 21.2 Å². The number of rotatable bonds is 3. The van der Waals surface area contributed by atoms with Gasteiger partial charge in [0.2, 0.25) is 0 Å². The average molecular weight is 304 g/mol. The fourth-order valence-corrected chi connectivity index (χ4v) is 2.61. The summed E-state index contributed by atoms with van der Waals surface area (Å²) in [6, 6.07) is 3.41. The molecule has 0 aromatic heterocycles. The summed E-state index contributed by atoms with van der Waals surface area (Å²) in [7, 11) is 0. The Hall–Kier alpha value is -0.970. The van der Waals surface area contributed by atoms with Gasteiger partial charge in [-0.25, -0.2) is 8.78 Å². The minimum absolute atomic E-state index is 0.341. The lowest BCUT2D eigenvalue weighted by molar-refractivity contribution is 0.0848. The Labute approximate surface area is 107 Å². The molecule has 92 valence electrons. The van der Waals surface area contributed by atoms with Crippen LogP contribution in [0.3, 0.4) is 0 Å². The van der Waals surface area contributed by atoms with Crippen molar-refractivity contribution >= 4 is 21.8 Å². The average Bonchev–Trinajstić information content (AvgIpc) is 2.23. The second-order valence-corrected chi connectivity index (χ2v) is 4.88. The van der Waals surface area contributed by atoms with Gasteiger partial charge in [-0.15, -0.1) is 0 Å². The van der Waals surface area contributed by atoms with Crippen molar-refractivity contribution in [1.82, 2.24) is 5.32 Å². The highest BCUT2D eigenvalue weighted by Crippen LogP contribution is 2.33. The standard InChI is InChI=1S/C12H12BrF2NO/c13-7-12(5-2-6-12)16-11(17)10-8(14)3-1-4-9(10)15/h1,3-4H,2,5-7H2,(H,16,17). The van der Waals surface area contributed by atoms with Crippen molar-refractivity contribution in [3.8, 4) is 0 Å². The highest BCUT2D eigenvalue weighted by molar-refractivity contribution is 9.09. The number of halogens is 3. The van der Waals surface area contributed by atoms with E-state index in [9.17, 15) is 13.6 Å². The van der Waals surface area contributed by atoms with Gasteiger partial charge in [-0.3, -0.25) is 4.79 Å². The molecule has 5 heteroatoms. The van der Waals surface area contributed by atoms with Crippen LogP contribution in [-0.4, -0.2) is 16.8 Å². The van der Waals surface area contributed by atoms with E-state index in [-0.39, 0.29) is 5.54 Å². The Kier molecular flexibility index (Phi) is 3.47. The third-order valence-electron chi connectivity index (χ3n) is 3.13. The zero-order chi connectivity index (χ0) is 12.5. The molecule has 2 rings (SSSR count). The van der Waals surface area contributed by atoms with E-state index in [0.29, 0.717) is 5.33 Å². The Bertz CT molecular complexity index is 420. The predicted molar refractivity (Wildman–Crippen MR) is 64.2 cm³/mol. The van der Waals surface area contributed by atoms with E-state index < -0.39 is 23.1 Å². The summed E-state index contributed by atoms with van der Waals surface area (Å²) in [5.41, 5.74) is -0.842. The SMILES string of the molecule is O=C(NC1(CBr)CCC1)c1c(F)cccc1F. The first-order valence-corrected chi connectivity index (χ1v) is 6.53. The number of hydrogen-bond donors (Lipinski definition) is 1. The predicted octanol–water partition coefficient (Wildman–Crippen LogP) is 3.01. The van der Waals surface area contributed by atoms with Crippen LogP contribution in [0.25, 0.3) is 0 Å². The summed E-state index contributed by atoms with van der Waals surface area (Å²) in [6.07, 6.45) is 2.69. The molecule has 1 saturated carbocycles. The third-order valence-corrected chi connectivity index (χ3v) is 4.21. The smallest absolute Gasteiger partial charge is 0.257 e. The lowest BCUT2D eigenvalue weighted by Gasteiger charge is -2.41. The molecular formula is C12H12BrF2NO. The summed E-state index contributed by atoms with van der Waals surface area (Å²) < 4.78 is 26.8. The van der Waals surface area contributed by atoms with Gasteiger partial charge in [0.15, 0.2) is 0 Å². The van der Waals surface area contributed by atoms with Crippen LogP contribution in [-0.2, 0) is 0 Å². The Morgan fingerprint density at radius 2 is 1.94 bits per heavy atom. The highest BCUT2D eigenvalue weighted by atomic mass is 79.9. The third kappa shape index (κ3) is 2.34. The number of amides is 1. The summed E-state index contributed by atoms with van der Waals surface area (Å²) >= 11 is 3.32. The first kappa shape index (κ1) is 12.5. The van der Waals surface area contributed by atoms with E-state index in [4.69, 9.17) is 0 Å². The van der Waals surface area contributed by atoms with Crippen LogP contribution in [0.2, 0.25) is 0 Å². The summed E-state index contributed by atoms with van der Waals surface area (Å²) in [4.78, 5) is 11.8. The molecule has 1 amide bonds. The summed E-state index contributed by atoms with van der Waals surface area (Å²) in [5.74, 6) is -2.34. The fourth-order valence-electron chi connectivity index (χ4n) is 1.91. The van der Waals surface area contributed by atoms with Crippen molar-refractivity contribution in [1.29, 1.82) is 0 Å². The molecule has 0 saturated heterocycles. The van der Waals surface area contributed by atoms with Crippen LogP contribution in [0.1, 0.15) is 29.6 Å². The van der Waals surface area contributed by atoms with E-state index in [1.807, 2.05) is 0 Å². The van der Waals surface area contributed by atoms with Crippen molar-refractivity contribution in [2.75, 3.05) is 5.33 Å². The van der Waals surface area contributed by atoms with E-state index in [1.165, 1.54) is 6.07 Å². The molecule has 0 atom stereocenters. The minimum Gasteiger partial charge on any atom is -0.346 e. The van der Waals surface area contributed by atoms with Crippen LogP contribution in [0.15, 0.2) is 18.2 Å². The molecule has 2 nitrogen and oxygen atoms in total. The second kappa shape index (κ2) is 4.72. The molecule has 0 spiro atoms. The monoisotopic (exact) mass is 303 g/mol. The lowest BCUT2D eigenvalue weighted by atomic mass is 9.78. The van der Waals surface area contributed by atoms with Crippen LogP contribution in [0.4, 0.5) is 8.78 Å². The van der Waals surface area contributed by atoms with Crippen LogP contribution < -0.4 is 5.32 Å². The van der Waals surface area contributed by atoms with Gasteiger partial charge in [-0.2, -0.15) is 0 Å². The number of carbonyl (C=O) groups excluding carboxylic acids is 1. The quantitative estimate of drug-likeness (QED) is 0.855. The van der Waals surface area contributed by atoms with Gasteiger partial charge in [0.1, 0.15) is 17.2 Å². The van der Waals surface area contributed by atoms with Gasteiger partial charge in [-0.1, -0.05) is 22.0 Å². The fraction of sp³-hybridized carbons (Fsp3) is 0.417. The van der Waals surface area contributed by atoms with Gasteiger partial charge >= 0.3 is 0 Å². The Morgan fingerprint density at radius 1 is 1.35 bits per heavy atom. The topological polar surface area (TPSA) is 29.1 Å². The largest absolute Gasteiger partial charge is 0.346 e. The van der Waals surface area contributed by atoms with Crippen molar-refractivity contribution in [2.24, 2.45) is 0 Å². The number of carbonyl (C=O) groups is 1. The first-order valence-electron chi connectivity index (χ1n) is 5.40. The molecular weight excluding hydrogens is 292 g/mol. The van der Waals surface area contributed by atoms with Gasteiger partial charge < -0.3 is 5.32 Å². The lowest BCUT2D eigenvalue weighted by Crippen LogP contribution is -2.55. The summed E-state index contributed by atoms with van der Waals surface area (Å²) in [5, 5.41) is 3.31. The van der Waals surface area contributed by atoms with Crippen molar-refractivity contribution in [3.05, 3.63) is 35.4 Å². The van der Waals surface area contributed by atoms with Gasteiger partial charge in [-0.05, 0) is 31.4 Å². The maximum atomic E-state index is 13.4. The Balaban J connectivity index is 2.20. The highest BCUT2D eigenvalue weighted by Gasteiger charge is 2.38. The number of alkyl halides is 1. The van der Waals surface area contributed by atoms with Crippen molar-refractivity contribution < 1.29 is 13.6 Å². The molecule has 0 bridgehead atoms. The molecule has 1 fully saturated rings. The van der Waals surface area contributed by atoms with Gasteiger partial charge in [0.25, 0.3) is 5.91 Å². The molecule has 0 aliphatic heterocycles. The normalized spacial score (nSPS) is 17.4. The van der Waals surface area contributed by atoms with Crippen LogP contribution in [0, 0.1) is 11.6 Å². The van der Waals surface area contributed by atoms with Gasteiger partial charge in [0.05, 0.1) is 5.54 Å². The molecule has 0 unspecified atom stereocenters. The minimum atomic E-state index is -0.827. The van der Waals surface area contributed by atoms with E-state index in [0.717, 1.165) is 31.4 Å². The molecule has 1 aliphatic carbocycles. The van der Waals surface area contributed by atoms with E-state index >= 15 is 0 Å². The number of hydrogen-bond acceptors (Lipinski definition) is 1. The molecule has 1 aromatic rings. The summed E-state index contributed by atoms with van der Waals surface area (Å²) in [6.45, 7) is 0. The maximum absolute atomic E-state index is 13.4. The van der Waals surface area contributed by atoms with Gasteiger partial charge in [0, 0.05) is 5.33 Å². The first-order chi connectivity index (χ1) is 8.08. The number of nitrogens with one attached hydrogen (secondary N) is 1. The Morgan fingerprint density at radius 3 is 2.35 bits per heavy atom. The van der Waals surface area contributed by atoms with E-state index in [1.54, 1.807) is 0 Å². The molecule has 17 heavy (non-hydrogen) atoms. The molecule has 0 radical (unpaired) electrons. The molecule has 1 aliphatic rings. The maximum Gasteiger partial charge on any atom is 0.257 e. The molecule has 1 N–H and O–H groups in total. The zero-order valence-electron chi connectivity index (χ0n) is 9.10. The number of benzene rings is 1. The second-order valence-electron chi connectivity index (χ2n) is 4.32. The zero-order valence-corrected chi connectivity index (χ0v) is 10.7. The van der Waals surface area contributed by atoms with Crippen LogP contribution in [0.5, 0.6) is 0 Å².